The molecule has 0 unspecified atom stereocenters. The number of pyridine rings is 1. The van der Waals surface area contributed by atoms with Crippen LogP contribution in [-0.2, 0) is 4.74 Å². The van der Waals surface area contributed by atoms with Crippen LogP contribution in [0, 0.1) is 0 Å². The summed E-state index contributed by atoms with van der Waals surface area (Å²) in [6.07, 6.45) is 1.79. The summed E-state index contributed by atoms with van der Waals surface area (Å²) >= 11 is 1.41. The molecular formula is C14H15N3O2S. The number of anilines is 2. The molecule has 0 aromatic carbocycles. The largest absolute Gasteiger partial charge is 0.378 e. The molecular weight excluding hydrogens is 274 g/mol. The highest BCUT2D eigenvalue weighted by Gasteiger charge is 2.12. The number of amides is 1. The first-order valence-electron chi connectivity index (χ1n) is 6.46. The van der Waals surface area contributed by atoms with Crippen molar-refractivity contribution >= 4 is 28.7 Å². The Morgan fingerprint density at radius 1 is 1.30 bits per heavy atom. The van der Waals surface area contributed by atoms with E-state index in [1.807, 2.05) is 23.6 Å². The topological polar surface area (TPSA) is 54.5 Å². The minimum Gasteiger partial charge on any atom is -0.378 e. The smallest absolute Gasteiger partial charge is 0.266 e. The van der Waals surface area contributed by atoms with Gasteiger partial charge in [0.1, 0.15) is 5.82 Å². The van der Waals surface area contributed by atoms with Crippen LogP contribution < -0.4 is 10.2 Å². The molecule has 1 fully saturated rings. The van der Waals surface area contributed by atoms with Crippen LogP contribution in [-0.4, -0.2) is 37.2 Å². The number of carbonyl (C=O) groups is 1. The monoisotopic (exact) mass is 289 g/mol. The molecule has 1 saturated heterocycles. The Morgan fingerprint density at radius 3 is 2.80 bits per heavy atom. The van der Waals surface area contributed by atoms with Gasteiger partial charge >= 0.3 is 0 Å². The normalized spacial score (nSPS) is 15.1. The first-order chi connectivity index (χ1) is 9.83. The third kappa shape index (κ3) is 2.97. The molecule has 3 rings (SSSR count). The molecule has 0 atom stereocenters. The zero-order valence-electron chi connectivity index (χ0n) is 10.9. The van der Waals surface area contributed by atoms with Crippen molar-refractivity contribution < 1.29 is 9.53 Å². The molecule has 1 amide bonds. The molecule has 0 saturated carbocycles. The summed E-state index contributed by atoms with van der Waals surface area (Å²) in [5.41, 5.74) is 1.06. The second-order valence-electron chi connectivity index (χ2n) is 4.43. The molecule has 1 N–H and O–H groups in total. The molecule has 1 aliphatic heterocycles. The number of morpholine rings is 1. The number of carbonyl (C=O) groups excluding carboxylic acids is 1. The maximum Gasteiger partial charge on any atom is 0.266 e. The summed E-state index contributed by atoms with van der Waals surface area (Å²) in [5.74, 6) is 0.451. The number of hydrogen-bond acceptors (Lipinski definition) is 5. The Kier molecular flexibility index (Phi) is 3.94. The third-order valence-electron chi connectivity index (χ3n) is 3.11. The van der Waals surface area contributed by atoms with E-state index in [1.54, 1.807) is 12.3 Å². The highest BCUT2D eigenvalue weighted by atomic mass is 32.1. The van der Waals surface area contributed by atoms with Crippen LogP contribution in [0.3, 0.4) is 0 Å². The predicted octanol–water partition coefficient (Wildman–Crippen LogP) is 2.23. The van der Waals surface area contributed by atoms with Crippen LogP contribution in [0.15, 0.2) is 35.8 Å². The quantitative estimate of drug-likeness (QED) is 0.941. The molecule has 6 heteroatoms. The lowest BCUT2D eigenvalue weighted by atomic mass is 10.3. The van der Waals surface area contributed by atoms with Crippen molar-refractivity contribution in [1.29, 1.82) is 0 Å². The summed E-state index contributed by atoms with van der Waals surface area (Å²) in [6.45, 7) is 3.25. The fraction of sp³-hybridized carbons (Fsp3) is 0.286. The lowest BCUT2D eigenvalue weighted by Gasteiger charge is -2.28. The fourth-order valence-electron chi connectivity index (χ4n) is 2.05. The number of aromatic nitrogens is 1. The van der Waals surface area contributed by atoms with Gasteiger partial charge in [0.25, 0.3) is 5.91 Å². The Bertz CT molecular complexity index is 563. The molecule has 3 heterocycles. The van der Waals surface area contributed by atoms with Gasteiger partial charge in [-0.1, -0.05) is 6.07 Å². The van der Waals surface area contributed by atoms with E-state index in [-0.39, 0.29) is 5.91 Å². The Morgan fingerprint density at radius 2 is 2.15 bits per heavy atom. The maximum atomic E-state index is 11.9. The molecule has 104 valence electrons. The van der Waals surface area contributed by atoms with Gasteiger partial charge in [-0.2, -0.15) is 0 Å². The van der Waals surface area contributed by atoms with E-state index in [9.17, 15) is 4.79 Å². The van der Waals surface area contributed by atoms with Gasteiger partial charge in [0.2, 0.25) is 0 Å². The minimum atomic E-state index is -0.119. The Labute approximate surface area is 121 Å². The van der Waals surface area contributed by atoms with Crippen molar-refractivity contribution in [3.63, 3.8) is 0 Å². The Balaban J connectivity index is 1.65. The van der Waals surface area contributed by atoms with Gasteiger partial charge in [-0.05, 0) is 23.6 Å². The van der Waals surface area contributed by atoms with Gasteiger partial charge in [0.05, 0.1) is 30.0 Å². The first kappa shape index (κ1) is 13.1. The van der Waals surface area contributed by atoms with Crippen LogP contribution in [0.2, 0.25) is 0 Å². The number of rotatable bonds is 3. The van der Waals surface area contributed by atoms with E-state index in [0.717, 1.165) is 32.0 Å². The van der Waals surface area contributed by atoms with Crippen LogP contribution in [0.1, 0.15) is 9.67 Å². The van der Waals surface area contributed by atoms with Crippen molar-refractivity contribution in [3.05, 3.63) is 40.7 Å². The summed E-state index contributed by atoms with van der Waals surface area (Å²) in [6, 6.07) is 7.45. The van der Waals surface area contributed by atoms with E-state index < -0.39 is 0 Å². The number of nitrogens with one attached hydrogen (secondary N) is 1. The second kappa shape index (κ2) is 6.02. The third-order valence-corrected chi connectivity index (χ3v) is 3.98. The predicted molar refractivity (Wildman–Crippen MR) is 79.5 cm³/mol. The summed E-state index contributed by atoms with van der Waals surface area (Å²) in [7, 11) is 0. The zero-order chi connectivity index (χ0) is 13.8. The molecule has 0 bridgehead atoms. The van der Waals surface area contributed by atoms with Crippen molar-refractivity contribution in [2.45, 2.75) is 0 Å². The van der Waals surface area contributed by atoms with Crippen molar-refractivity contribution in [2.75, 3.05) is 36.5 Å². The lowest BCUT2D eigenvalue weighted by Crippen LogP contribution is -2.36. The molecule has 1 aliphatic rings. The van der Waals surface area contributed by atoms with Gasteiger partial charge < -0.3 is 15.0 Å². The number of nitrogens with zero attached hydrogens (tertiary/aromatic N) is 2. The number of ether oxygens (including phenoxy) is 1. The van der Waals surface area contributed by atoms with E-state index in [0.29, 0.717) is 10.7 Å². The maximum absolute atomic E-state index is 11.9. The molecule has 0 aliphatic carbocycles. The number of thiophene rings is 1. The second-order valence-corrected chi connectivity index (χ2v) is 5.38. The zero-order valence-corrected chi connectivity index (χ0v) is 11.7. The van der Waals surface area contributed by atoms with E-state index in [2.05, 4.69) is 15.2 Å². The van der Waals surface area contributed by atoms with Crippen molar-refractivity contribution in [2.24, 2.45) is 0 Å². The van der Waals surface area contributed by atoms with Crippen LogP contribution >= 0.6 is 11.3 Å². The van der Waals surface area contributed by atoms with Crippen molar-refractivity contribution in [1.82, 2.24) is 4.98 Å². The van der Waals surface area contributed by atoms with E-state index in [1.165, 1.54) is 11.3 Å². The first-order valence-corrected chi connectivity index (χ1v) is 7.34. The molecule has 0 radical (unpaired) electrons. The number of hydrogen-bond donors (Lipinski definition) is 1. The Hall–Kier alpha value is -1.92. The van der Waals surface area contributed by atoms with Crippen LogP contribution in [0.25, 0.3) is 0 Å². The SMILES string of the molecule is O=C(Nc1ccc(N2CCOCC2)cn1)c1cccs1. The summed E-state index contributed by atoms with van der Waals surface area (Å²) in [4.78, 5) is 19.1. The van der Waals surface area contributed by atoms with E-state index >= 15 is 0 Å². The molecule has 5 nitrogen and oxygen atoms in total. The van der Waals surface area contributed by atoms with Gasteiger partial charge in [-0.15, -0.1) is 11.3 Å². The van der Waals surface area contributed by atoms with Crippen LogP contribution in [0.4, 0.5) is 11.5 Å². The molecule has 2 aromatic heterocycles. The molecule has 2 aromatic rings. The average Bonchev–Trinajstić information content (AvgIpc) is 3.03. The standard InChI is InChI=1S/C14H15N3O2S/c18-14(12-2-1-9-20-12)16-13-4-3-11(10-15-13)17-5-7-19-8-6-17/h1-4,9-10H,5-8H2,(H,15,16,18). The highest BCUT2D eigenvalue weighted by molar-refractivity contribution is 7.12. The van der Waals surface area contributed by atoms with E-state index in [4.69, 9.17) is 4.74 Å². The summed E-state index contributed by atoms with van der Waals surface area (Å²) in [5, 5.41) is 4.67. The lowest BCUT2D eigenvalue weighted by molar-refractivity contribution is 0.103. The van der Waals surface area contributed by atoms with Crippen molar-refractivity contribution in [3.8, 4) is 0 Å². The van der Waals surface area contributed by atoms with Gasteiger partial charge in [0, 0.05) is 13.1 Å². The minimum absolute atomic E-state index is 0.119. The van der Waals surface area contributed by atoms with Gasteiger partial charge in [-0.25, -0.2) is 4.98 Å². The fourth-order valence-corrected chi connectivity index (χ4v) is 2.67. The van der Waals surface area contributed by atoms with Gasteiger partial charge in [0.15, 0.2) is 0 Å². The molecule has 20 heavy (non-hydrogen) atoms. The van der Waals surface area contributed by atoms with Crippen LogP contribution in [0.5, 0.6) is 0 Å². The average molecular weight is 289 g/mol. The van der Waals surface area contributed by atoms with Gasteiger partial charge in [-0.3, -0.25) is 4.79 Å². The molecule has 0 spiro atoms. The highest BCUT2D eigenvalue weighted by Crippen LogP contribution is 2.17. The summed E-state index contributed by atoms with van der Waals surface area (Å²) < 4.78 is 5.32.